The minimum Gasteiger partial charge on any atom is -0.444 e. The van der Waals surface area contributed by atoms with E-state index in [1.54, 1.807) is 31.7 Å². The van der Waals surface area contributed by atoms with Crippen LogP contribution < -0.4 is 16.2 Å². The number of anilines is 1. The second kappa shape index (κ2) is 12.5. The third-order valence-electron chi connectivity index (χ3n) is 7.88. The van der Waals surface area contributed by atoms with E-state index in [-0.39, 0.29) is 53.7 Å². The maximum absolute atomic E-state index is 15.0. The maximum Gasteiger partial charge on any atom is 0.408 e. The first-order valence-electron chi connectivity index (χ1n) is 14.5. The number of aliphatic hydroxyl groups is 1. The number of nitrogens with one attached hydrogen (secondary N) is 3. The highest BCUT2D eigenvalue weighted by atomic mass is 35.5. The summed E-state index contributed by atoms with van der Waals surface area (Å²) in [6, 6.07) is 6.20. The Kier molecular flexibility index (Phi) is 9.03. The summed E-state index contributed by atoms with van der Waals surface area (Å²) in [4.78, 5) is 56.9. The number of nitrogens with zero attached hydrogens (tertiary/aromatic N) is 2. The molecule has 2 aliphatic heterocycles. The van der Waals surface area contributed by atoms with Crippen LogP contribution in [0.15, 0.2) is 35.1 Å². The number of rotatable bonds is 5. The molecule has 240 valence electrons. The van der Waals surface area contributed by atoms with E-state index in [2.05, 4.69) is 15.6 Å². The van der Waals surface area contributed by atoms with Crippen molar-refractivity contribution in [2.24, 2.45) is 0 Å². The number of aromatic nitrogens is 1. The fourth-order valence-electron chi connectivity index (χ4n) is 5.78. The minimum absolute atomic E-state index is 0.0152. The summed E-state index contributed by atoms with van der Waals surface area (Å²) >= 11 is 12.6. The fraction of sp³-hybridized carbons (Fsp3) is 0.419. The molecule has 0 aliphatic carbocycles. The number of aliphatic hydroxyl groups excluding tert-OH is 1. The summed E-state index contributed by atoms with van der Waals surface area (Å²) in [7, 11) is 0. The molecule has 14 heteroatoms. The summed E-state index contributed by atoms with van der Waals surface area (Å²) in [5, 5.41) is 17.1. The first-order valence-corrected chi connectivity index (χ1v) is 15.2. The van der Waals surface area contributed by atoms with Crippen LogP contribution in [-0.4, -0.2) is 81.7 Å². The van der Waals surface area contributed by atoms with Gasteiger partial charge in [0.2, 0.25) is 5.91 Å². The van der Waals surface area contributed by atoms with Gasteiger partial charge in [-0.05, 0) is 81.0 Å². The molecule has 0 radical (unpaired) electrons. The zero-order valence-corrected chi connectivity index (χ0v) is 26.7. The first-order chi connectivity index (χ1) is 21.1. The number of hydrogen-bond acceptors (Lipinski definition) is 7. The van der Waals surface area contributed by atoms with Gasteiger partial charge in [-0.25, -0.2) is 9.18 Å². The van der Waals surface area contributed by atoms with Gasteiger partial charge in [0.05, 0.1) is 35.8 Å². The van der Waals surface area contributed by atoms with Crippen LogP contribution in [0.2, 0.25) is 10.0 Å². The third kappa shape index (κ3) is 7.03. The van der Waals surface area contributed by atoms with Gasteiger partial charge in [-0.2, -0.15) is 0 Å². The Morgan fingerprint density at radius 2 is 1.87 bits per heavy atom. The summed E-state index contributed by atoms with van der Waals surface area (Å²) in [6.07, 6.45) is -1.21. The van der Waals surface area contributed by atoms with Crippen molar-refractivity contribution in [1.29, 1.82) is 0 Å². The highest BCUT2D eigenvalue weighted by Crippen LogP contribution is 2.37. The third-order valence-corrected chi connectivity index (χ3v) is 8.41. The number of halogens is 3. The van der Waals surface area contributed by atoms with Crippen molar-refractivity contribution >= 4 is 57.6 Å². The number of β-amino-alcohol motifs (C(OH)–C–C–N with tert-alkyl or cyclic N) is 1. The molecule has 5 rings (SSSR count). The molecule has 2 aromatic carbocycles. The SMILES string of the molecule is CC1c2c(Cl)cc(Cl)cc2CCN1C(=O)CNc1cc2cc(C(=O)N3C[C@@H](O)[C@H](NC(=O)OC(C)(C)C)C3)[nH]c(=O)c2cc1F. The number of H-pyrrole nitrogens is 1. The van der Waals surface area contributed by atoms with Gasteiger partial charge in [0, 0.05) is 29.7 Å². The first kappa shape index (κ1) is 32.5. The van der Waals surface area contributed by atoms with Gasteiger partial charge in [-0.3, -0.25) is 14.4 Å². The van der Waals surface area contributed by atoms with Gasteiger partial charge in [-0.15, -0.1) is 0 Å². The number of hydrogen-bond donors (Lipinski definition) is 4. The van der Waals surface area contributed by atoms with Gasteiger partial charge in [-0.1, -0.05) is 23.2 Å². The Bertz CT molecular complexity index is 1740. The Balaban J connectivity index is 1.29. The van der Waals surface area contributed by atoms with Crippen molar-refractivity contribution in [2.75, 3.05) is 31.5 Å². The lowest BCUT2D eigenvalue weighted by Crippen LogP contribution is -2.45. The Labute approximate surface area is 268 Å². The van der Waals surface area contributed by atoms with Crippen molar-refractivity contribution in [3.05, 3.63) is 73.4 Å². The summed E-state index contributed by atoms with van der Waals surface area (Å²) in [6.45, 7) is 7.09. The molecule has 4 N–H and O–H groups in total. The molecule has 3 amide bonds. The molecule has 1 fully saturated rings. The van der Waals surface area contributed by atoms with E-state index in [1.165, 1.54) is 17.0 Å². The molecular weight excluding hydrogens is 628 g/mol. The van der Waals surface area contributed by atoms with Crippen LogP contribution in [-0.2, 0) is 16.0 Å². The molecule has 2 aliphatic rings. The van der Waals surface area contributed by atoms with Crippen LogP contribution in [0.25, 0.3) is 10.8 Å². The van der Waals surface area contributed by atoms with E-state index in [4.69, 9.17) is 27.9 Å². The summed E-state index contributed by atoms with van der Waals surface area (Å²) in [5.41, 5.74) is 0.281. The number of amides is 3. The van der Waals surface area contributed by atoms with E-state index in [0.29, 0.717) is 23.0 Å². The van der Waals surface area contributed by atoms with Gasteiger partial charge >= 0.3 is 6.09 Å². The standard InChI is InChI=1S/C31H34Cl2FN5O6/c1-15-27-16(7-18(32)10-20(27)33)5-6-39(15)26(41)12-35-22-8-17-9-23(36-28(42)19(17)11-21(22)34)29(43)38-13-24(25(40)14-38)37-30(44)45-31(2,3)4/h7-11,15,24-25,35,40H,5-6,12-14H2,1-4H3,(H,36,42)(H,37,44)/t15?,24-,25-/m1/s1. The van der Waals surface area contributed by atoms with Crippen LogP contribution in [0.4, 0.5) is 14.9 Å². The molecule has 3 atom stereocenters. The number of carbonyl (C=O) groups is 3. The average molecular weight is 663 g/mol. The van der Waals surface area contributed by atoms with Crippen LogP contribution in [0.5, 0.6) is 0 Å². The average Bonchev–Trinajstić information content (AvgIpc) is 3.29. The monoisotopic (exact) mass is 661 g/mol. The summed E-state index contributed by atoms with van der Waals surface area (Å²) < 4.78 is 20.3. The number of ether oxygens (including phenoxy) is 1. The predicted molar refractivity (Wildman–Crippen MR) is 168 cm³/mol. The molecule has 3 heterocycles. The minimum atomic E-state index is -1.05. The molecule has 0 spiro atoms. The smallest absolute Gasteiger partial charge is 0.408 e. The lowest BCUT2D eigenvalue weighted by Gasteiger charge is -2.36. The van der Waals surface area contributed by atoms with Gasteiger partial charge in [0.25, 0.3) is 11.5 Å². The van der Waals surface area contributed by atoms with Crippen molar-refractivity contribution < 1.29 is 28.6 Å². The second-order valence-corrected chi connectivity index (χ2v) is 13.1. The van der Waals surface area contributed by atoms with Gasteiger partial charge in [0.1, 0.15) is 17.1 Å². The number of alkyl carbamates (subject to hydrolysis) is 1. The van der Waals surface area contributed by atoms with E-state index in [9.17, 15) is 24.3 Å². The molecule has 45 heavy (non-hydrogen) atoms. The normalized spacial score (nSPS) is 19.8. The fourth-order valence-corrected chi connectivity index (χ4v) is 6.47. The van der Waals surface area contributed by atoms with Crippen LogP contribution in [0.3, 0.4) is 0 Å². The largest absolute Gasteiger partial charge is 0.444 e. The van der Waals surface area contributed by atoms with E-state index >= 15 is 4.39 Å². The molecule has 0 saturated carbocycles. The Morgan fingerprint density at radius 1 is 1.13 bits per heavy atom. The molecular formula is C31H34Cl2FN5O6. The van der Waals surface area contributed by atoms with Gasteiger partial charge < -0.3 is 35.3 Å². The Hall–Kier alpha value is -3.87. The van der Waals surface area contributed by atoms with E-state index in [0.717, 1.165) is 17.2 Å². The molecule has 11 nitrogen and oxygen atoms in total. The number of benzene rings is 2. The predicted octanol–water partition coefficient (Wildman–Crippen LogP) is 4.24. The molecule has 1 aromatic heterocycles. The number of fused-ring (bicyclic) bond motifs is 2. The lowest BCUT2D eigenvalue weighted by molar-refractivity contribution is -0.131. The van der Waals surface area contributed by atoms with E-state index in [1.807, 2.05) is 13.0 Å². The Morgan fingerprint density at radius 3 is 2.58 bits per heavy atom. The number of aromatic amines is 1. The zero-order chi connectivity index (χ0) is 32.8. The quantitative estimate of drug-likeness (QED) is 0.320. The molecule has 1 unspecified atom stereocenters. The second-order valence-electron chi connectivity index (χ2n) is 12.3. The lowest BCUT2D eigenvalue weighted by atomic mass is 9.93. The number of likely N-dealkylation sites (tertiary alicyclic amines) is 1. The van der Waals surface area contributed by atoms with Crippen LogP contribution in [0, 0.1) is 5.82 Å². The maximum atomic E-state index is 15.0. The van der Waals surface area contributed by atoms with Crippen LogP contribution in [0.1, 0.15) is 55.4 Å². The molecule has 3 aromatic rings. The topological polar surface area (TPSA) is 144 Å². The van der Waals surface area contributed by atoms with Crippen molar-refractivity contribution in [2.45, 2.75) is 57.9 Å². The zero-order valence-electron chi connectivity index (χ0n) is 25.2. The van der Waals surface area contributed by atoms with Gasteiger partial charge in [0.15, 0.2) is 0 Å². The van der Waals surface area contributed by atoms with Crippen LogP contribution >= 0.6 is 23.2 Å². The summed E-state index contributed by atoms with van der Waals surface area (Å²) in [5.74, 6) is -1.61. The number of carbonyl (C=O) groups excluding carboxylic acids is 3. The highest BCUT2D eigenvalue weighted by molar-refractivity contribution is 6.35. The van der Waals surface area contributed by atoms with Crippen molar-refractivity contribution in [3.8, 4) is 0 Å². The van der Waals surface area contributed by atoms with Crippen molar-refractivity contribution in [3.63, 3.8) is 0 Å². The highest BCUT2D eigenvalue weighted by Gasteiger charge is 2.37. The van der Waals surface area contributed by atoms with Crippen molar-refractivity contribution in [1.82, 2.24) is 20.1 Å². The number of pyridine rings is 1. The molecule has 1 saturated heterocycles. The molecule has 0 bridgehead atoms. The van der Waals surface area contributed by atoms with E-state index < -0.39 is 41.1 Å².